The van der Waals surface area contributed by atoms with E-state index in [1.54, 1.807) is 19.9 Å². The standard InChI is InChI=1S/C10H11BrClFO/c1-3-10(2,14)6-4-5-7(11)8(12)9(6)13/h4-5,14H,3H2,1-2H3. The summed E-state index contributed by atoms with van der Waals surface area (Å²) in [4.78, 5) is 0. The van der Waals surface area contributed by atoms with Gasteiger partial charge >= 0.3 is 0 Å². The molecule has 1 aromatic carbocycles. The average molecular weight is 282 g/mol. The highest BCUT2D eigenvalue weighted by Gasteiger charge is 2.26. The fraction of sp³-hybridized carbons (Fsp3) is 0.400. The Morgan fingerprint density at radius 3 is 2.64 bits per heavy atom. The highest BCUT2D eigenvalue weighted by Crippen LogP contribution is 2.34. The van der Waals surface area contributed by atoms with Gasteiger partial charge < -0.3 is 5.11 Å². The van der Waals surface area contributed by atoms with E-state index in [0.29, 0.717) is 10.9 Å². The minimum atomic E-state index is -1.17. The van der Waals surface area contributed by atoms with Crippen LogP contribution < -0.4 is 0 Å². The Morgan fingerprint density at radius 2 is 2.14 bits per heavy atom. The number of hydrogen-bond donors (Lipinski definition) is 1. The molecule has 1 N–H and O–H groups in total. The van der Waals surface area contributed by atoms with E-state index in [0.717, 1.165) is 0 Å². The van der Waals surface area contributed by atoms with Gasteiger partial charge in [-0.1, -0.05) is 24.6 Å². The fourth-order valence-corrected chi connectivity index (χ4v) is 1.60. The number of rotatable bonds is 2. The van der Waals surface area contributed by atoms with E-state index in [1.807, 2.05) is 0 Å². The number of hydrogen-bond acceptors (Lipinski definition) is 1. The Hall–Kier alpha value is -0.120. The van der Waals surface area contributed by atoms with Gasteiger partial charge in [-0.15, -0.1) is 0 Å². The molecule has 14 heavy (non-hydrogen) atoms. The SMILES string of the molecule is CCC(C)(O)c1ccc(Br)c(Cl)c1F. The normalized spacial score (nSPS) is 15.3. The Balaban J connectivity index is 3.31. The molecule has 0 bridgehead atoms. The maximum atomic E-state index is 13.6. The van der Waals surface area contributed by atoms with Crippen LogP contribution in [-0.2, 0) is 5.60 Å². The highest BCUT2D eigenvalue weighted by molar-refractivity contribution is 9.10. The van der Waals surface area contributed by atoms with Crippen LogP contribution in [0.2, 0.25) is 5.02 Å². The summed E-state index contributed by atoms with van der Waals surface area (Å²) in [6.07, 6.45) is 0.432. The number of aliphatic hydroxyl groups is 1. The van der Waals surface area contributed by atoms with Crippen LogP contribution in [0.5, 0.6) is 0 Å². The second kappa shape index (κ2) is 4.17. The molecule has 0 aliphatic carbocycles. The van der Waals surface area contributed by atoms with Crippen LogP contribution in [0.15, 0.2) is 16.6 Å². The summed E-state index contributed by atoms with van der Waals surface area (Å²) < 4.78 is 14.1. The van der Waals surface area contributed by atoms with Crippen molar-refractivity contribution in [2.75, 3.05) is 0 Å². The Morgan fingerprint density at radius 1 is 1.57 bits per heavy atom. The van der Waals surface area contributed by atoms with E-state index in [1.165, 1.54) is 6.07 Å². The van der Waals surface area contributed by atoms with Crippen molar-refractivity contribution in [1.82, 2.24) is 0 Å². The monoisotopic (exact) mass is 280 g/mol. The molecule has 78 valence electrons. The molecule has 0 aliphatic rings. The Bertz CT molecular complexity index is 352. The molecule has 0 radical (unpaired) electrons. The molecule has 0 heterocycles. The Labute approximate surface area is 96.0 Å². The summed E-state index contributed by atoms with van der Waals surface area (Å²) in [5.41, 5.74) is -0.942. The lowest BCUT2D eigenvalue weighted by atomic mass is 9.93. The van der Waals surface area contributed by atoms with Gasteiger partial charge in [-0.05, 0) is 35.3 Å². The van der Waals surface area contributed by atoms with Gasteiger partial charge in [0.25, 0.3) is 0 Å². The van der Waals surface area contributed by atoms with Crippen LogP contribution in [0, 0.1) is 5.82 Å². The largest absolute Gasteiger partial charge is 0.385 e. The topological polar surface area (TPSA) is 20.2 Å². The van der Waals surface area contributed by atoms with Crippen molar-refractivity contribution in [2.24, 2.45) is 0 Å². The molecular formula is C10H11BrClFO. The van der Waals surface area contributed by atoms with Gasteiger partial charge in [0.1, 0.15) is 5.82 Å². The summed E-state index contributed by atoms with van der Waals surface area (Å²) in [7, 11) is 0. The summed E-state index contributed by atoms with van der Waals surface area (Å²) >= 11 is 8.83. The van der Waals surface area contributed by atoms with E-state index in [2.05, 4.69) is 15.9 Å². The second-order valence-corrected chi connectivity index (χ2v) is 4.58. The summed E-state index contributed by atoms with van der Waals surface area (Å²) in [5, 5.41) is 9.89. The predicted octanol–water partition coefficient (Wildman–Crippen LogP) is 3.86. The minimum Gasteiger partial charge on any atom is -0.385 e. The van der Waals surface area contributed by atoms with Gasteiger partial charge in [0, 0.05) is 10.0 Å². The molecule has 1 nitrogen and oxygen atoms in total. The molecule has 0 saturated carbocycles. The third kappa shape index (κ3) is 2.10. The zero-order valence-corrected chi connectivity index (χ0v) is 10.3. The zero-order chi connectivity index (χ0) is 10.9. The van der Waals surface area contributed by atoms with Crippen LogP contribution in [0.3, 0.4) is 0 Å². The van der Waals surface area contributed by atoms with Crippen molar-refractivity contribution in [2.45, 2.75) is 25.9 Å². The third-order valence-corrected chi connectivity index (χ3v) is 3.56. The van der Waals surface area contributed by atoms with E-state index in [9.17, 15) is 9.50 Å². The molecule has 1 atom stereocenters. The molecule has 4 heteroatoms. The Kier molecular flexibility index (Phi) is 3.56. The van der Waals surface area contributed by atoms with E-state index in [-0.39, 0.29) is 10.6 Å². The van der Waals surface area contributed by atoms with Gasteiger partial charge in [0.2, 0.25) is 0 Å². The fourth-order valence-electron chi connectivity index (χ4n) is 1.13. The van der Waals surface area contributed by atoms with Crippen molar-refractivity contribution < 1.29 is 9.50 Å². The second-order valence-electron chi connectivity index (χ2n) is 3.35. The van der Waals surface area contributed by atoms with E-state index >= 15 is 0 Å². The van der Waals surface area contributed by atoms with Crippen molar-refractivity contribution in [3.8, 4) is 0 Å². The van der Waals surface area contributed by atoms with Gasteiger partial charge in [0.05, 0.1) is 10.6 Å². The zero-order valence-electron chi connectivity index (χ0n) is 7.94. The van der Waals surface area contributed by atoms with Crippen molar-refractivity contribution in [1.29, 1.82) is 0 Å². The summed E-state index contributed by atoms with van der Waals surface area (Å²) in [6, 6.07) is 3.17. The predicted molar refractivity (Wildman–Crippen MR) is 59.0 cm³/mol. The molecule has 0 aromatic heterocycles. The van der Waals surface area contributed by atoms with E-state index in [4.69, 9.17) is 11.6 Å². The molecule has 1 unspecified atom stereocenters. The number of benzene rings is 1. The lowest BCUT2D eigenvalue weighted by Crippen LogP contribution is -2.21. The third-order valence-electron chi connectivity index (χ3n) is 2.30. The first-order valence-corrected chi connectivity index (χ1v) is 5.43. The first kappa shape index (κ1) is 12.0. The molecule has 0 spiro atoms. The molecule has 0 aliphatic heterocycles. The van der Waals surface area contributed by atoms with Crippen LogP contribution in [0.4, 0.5) is 4.39 Å². The van der Waals surface area contributed by atoms with Crippen molar-refractivity contribution in [3.63, 3.8) is 0 Å². The van der Waals surface area contributed by atoms with E-state index < -0.39 is 11.4 Å². The van der Waals surface area contributed by atoms with Crippen LogP contribution in [0.25, 0.3) is 0 Å². The molecular weight excluding hydrogens is 270 g/mol. The maximum Gasteiger partial charge on any atom is 0.149 e. The van der Waals surface area contributed by atoms with Gasteiger partial charge in [-0.2, -0.15) is 0 Å². The minimum absolute atomic E-state index is 0.0104. The molecule has 0 amide bonds. The molecule has 0 fully saturated rings. The van der Waals surface area contributed by atoms with Crippen LogP contribution >= 0.6 is 27.5 Å². The quantitative estimate of drug-likeness (QED) is 0.816. The lowest BCUT2D eigenvalue weighted by Gasteiger charge is -2.23. The first-order valence-electron chi connectivity index (χ1n) is 4.26. The van der Waals surface area contributed by atoms with Crippen molar-refractivity contribution in [3.05, 3.63) is 33.0 Å². The van der Waals surface area contributed by atoms with Gasteiger partial charge in [-0.25, -0.2) is 4.39 Å². The lowest BCUT2D eigenvalue weighted by molar-refractivity contribution is 0.0493. The molecule has 1 aromatic rings. The number of halogens is 3. The van der Waals surface area contributed by atoms with Gasteiger partial charge in [0.15, 0.2) is 0 Å². The average Bonchev–Trinajstić information content (AvgIpc) is 2.14. The first-order chi connectivity index (χ1) is 6.40. The summed E-state index contributed by atoms with van der Waals surface area (Å²) in [5.74, 6) is -0.562. The molecule has 0 saturated heterocycles. The van der Waals surface area contributed by atoms with Crippen LogP contribution in [-0.4, -0.2) is 5.11 Å². The maximum absolute atomic E-state index is 13.6. The smallest absolute Gasteiger partial charge is 0.149 e. The summed E-state index contributed by atoms with van der Waals surface area (Å²) in [6.45, 7) is 3.35. The highest BCUT2D eigenvalue weighted by atomic mass is 79.9. The van der Waals surface area contributed by atoms with Crippen molar-refractivity contribution >= 4 is 27.5 Å². The molecule has 1 rings (SSSR count). The van der Waals surface area contributed by atoms with Gasteiger partial charge in [-0.3, -0.25) is 0 Å². The van der Waals surface area contributed by atoms with Crippen LogP contribution in [0.1, 0.15) is 25.8 Å².